The molecular weight excluding hydrogens is 354 g/mol. The molecule has 26 heavy (non-hydrogen) atoms. The largest absolute Gasteiger partial charge is 0.477 e. The molecule has 1 aromatic carbocycles. The number of aromatic nitrogens is 2. The number of carboxylic acid groups (broad SMARTS) is 1. The number of pyridine rings is 1. The maximum Gasteiger partial charge on any atom is 0.341 e. The Morgan fingerprint density at radius 3 is 2.81 bits per heavy atom. The topological polar surface area (TPSA) is 87.1 Å². The molecule has 0 spiro atoms. The summed E-state index contributed by atoms with van der Waals surface area (Å²) in [7, 11) is 0. The Balaban J connectivity index is 0.00000196. The Morgan fingerprint density at radius 2 is 2.08 bits per heavy atom. The van der Waals surface area contributed by atoms with Crippen molar-refractivity contribution in [1.82, 2.24) is 14.9 Å². The molecule has 3 aromatic rings. The number of nitrogens with one attached hydrogen (secondary N) is 2. The summed E-state index contributed by atoms with van der Waals surface area (Å²) in [6, 6.07) is 9.77. The fourth-order valence-corrected chi connectivity index (χ4v) is 3.57. The average Bonchev–Trinajstić information content (AvgIpc) is 2.98. The molecule has 136 valence electrons. The lowest BCUT2D eigenvalue weighted by Gasteiger charge is -2.17. The Kier molecular flexibility index (Phi) is 4.89. The first kappa shape index (κ1) is 18.2. The maximum atomic E-state index is 12.1. The zero-order valence-corrected chi connectivity index (χ0v) is 15.2. The number of aryl methyl sites for hydroxylation is 1. The molecule has 0 unspecified atom stereocenters. The molecule has 0 radical (unpaired) electrons. The van der Waals surface area contributed by atoms with Crippen LogP contribution in [0.1, 0.15) is 28.5 Å². The van der Waals surface area contributed by atoms with E-state index in [-0.39, 0.29) is 18.0 Å². The number of aromatic carboxylic acids is 1. The van der Waals surface area contributed by atoms with Crippen LogP contribution in [0.25, 0.3) is 22.2 Å². The highest BCUT2D eigenvalue weighted by Gasteiger charge is 2.16. The van der Waals surface area contributed by atoms with Crippen molar-refractivity contribution in [1.29, 1.82) is 0 Å². The third kappa shape index (κ3) is 2.91. The number of halogens is 1. The first-order valence-electron chi connectivity index (χ1n) is 8.41. The average molecular weight is 374 g/mol. The molecule has 6 nitrogen and oxygen atoms in total. The second-order valence-electron chi connectivity index (χ2n) is 6.31. The van der Waals surface area contributed by atoms with Crippen molar-refractivity contribution in [3.63, 3.8) is 0 Å². The number of carbonyl (C=O) groups is 1. The van der Waals surface area contributed by atoms with Gasteiger partial charge in [0.05, 0.1) is 5.69 Å². The standard InChI is InChI=1S/C19H19N3O3.ClH/c1-2-11-9-15(19(24)25)18(23)21-17(11)12-3-4-16-13(7-12)8-14-10-20-5-6-22(14)16;/h3-4,7-9,20H,2,5-6,10H2,1H3,(H,21,23)(H,24,25);1H. The van der Waals surface area contributed by atoms with Crippen LogP contribution < -0.4 is 10.9 Å². The third-order valence-electron chi connectivity index (χ3n) is 4.83. The number of benzene rings is 1. The monoisotopic (exact) mass is 373 g/mol. The van der Waals surface area contributed by atoms with Crippen LogP contribution in [0.5, 0.6) is 0 Å². The minimum Gasteiger partial charge on any atom is -0.477 e. The second-order valence-corrected chi connectivity index (χ2v) is 6.31. The number of nitrogens with zero attached hydrogens (tertiary/aromatic N) is 1. The summed E-state index contributed by atoms with van der Waals surface area (Å²) in [4.78, 5) is 26.1. The van der Waals surface area contributed by atoms with E-state index in [1.807, 2.05) is 13.0 Å². The Bertz CT molecular complexity index is 1050. The van der Waals surface area contributed by atoms with Crippen LogP contribution in [0.3, 0.4) is 0 Å². The number of H-pyrrole nitrogens is 1. The van der Waals surface area contributed by atoms with E-state index < -0.39 is 11.5 Å². The number of hydrogen-bond acceptors (Lipinski definition) is 3. The SMILES string of the molecule is CCc1cc(C(=O)O)c(=O)[nH]c1-c1ccc2c(c1)cc1n2CCNC1.Cl. The zero-order valence-electron chi connectivity index (χ0n) is 14.3. The molecule has 0 aliphatic carbocycles. The Labute approximate surface area is 156 Å². The summed E-state index contributed by atoms with van der Waals surface area (Å²) in [5.41, 5.74) is 4.07. The van der Waals surface area contributed by atoms with E-state index in [1.165, 1.54) is 17.3 Å². The fraction of sp³-hybridized carbons (Fsp3) is 0.263. The minimum atomic E-state index is -1.20. The number of hydrogen-bond donors (Lipinski definition) is 3. The molecule has 0 saturated carbocycles. The number of fused-ring (bicyclic) bond motifs is 3. The van der Waals surface area contributed by atoms with E-state index in [0.29, 0.717) is 12.1 Å². The molecular formula is C19H20ClN3O3. The normalized spacial score (nSPS) is 13.3. The Hall–Kier alpha value is -2.57. The van der Waals surface area contributed by atoms with Crippen LogP contribution in [-0.2, 0) is 19.5 Å². The van der Waals surface area contributed by atoms with Gasteiger partial charge in [0.1, 0.15) is 5.56 Å². The van der Waals surface area contributed by atoms with Crippen molar-refractivity contribution in [3.05, 3.63) is 57.5 Å². The summed E-state index contributed by atoms with van der Waals surface area (Å²) in [5.74, 6) is -1.20. The lowest BCUT2D eigenvalue weighted by Crippen LogP contribution is -2.27. The van der Waals surface area contributed by atoms with Crippen LogP contribution in [0.15, 0.2) is 35.1 Å². The van der Waals surface area contributed by atoms with E-state index in [9.17, 15) is 9.59 Å². The lowest BCUT2D eigenvalue weighted by atomic mass is 10.0. The van der Waals surface area contributed by atoms with Gasteiger partial charge in [-0.2, -0.15) is 0 Å². The van der Waals surface area contributed by atoms with E-state index >= 15 is 0 Å². The molecule has 0 bridgehead atoms. The van der Waals surface area contributed by atoms with Crippen molar-refractivity contribution in [2.75, 3.05) is 6.54 Å². The fourth-order valence-electron chi connectivity index (χ4n) is 3.57. The van der Waals surface area contributed by atoms with Gasteiger partial charge in [-0.1, -0.05) is 13.0 Å². The molecule has 0 atom stereocenters. The van der Waals surface area contributed by atoms with E-state index in [4.69, 9.17) is 5.11 Å². The maximum absolute atomic E-state index is 12.1. The van der Waals surface area contributed by atoms with Crippen LogP contribution in [-0.4, -0.2) is 27.2 Å². The van der Waals surface area contributed by atoms with Crippen molar-refractivity contribution in [2.45, 2.75) is 26.4 Å². The highest BCUT2D eigenvalue weighted by molar-refractivity contribution is 5.89. The van der Waals surface area contributed by atoms with Crippen molar-refractivity contribution < 1.29 is 9.90 Å². The number of carboxylic acids is 1. The van der Waals surface area contributed by atoms with Gasteiger partial charge in [-0.25, -0.2) is 4.79 Å². The van der Waals surface area contributed by atoms with E-state index in [2.05, 4.69) is 33.1 Å². The summed E-state index contributed by atoms with van der Waals surface area (Å²) in [6.07, 6.45) is 0.639. The summed E-state index contributed by atoms with van der Waals surface area (Å²) in [6.45, 7) is 4.71. The van der Waals surface area contributed by atoms with Gasteiger partial charge >= 0.3 is 5.97 Å². The van der Waals surface area contributed by atoms with Crippen molar-refractivity contribution in [3.8, 4) is 11.3 Å². The molecule has 2 aromatic heterocycles. The van der Waals surface area contributed by atoms with E-state index in [0.717, 1.165) is 36.1 Å². The summed E-state index contributed by atoms with van der Waals surface area (Å²) in [5, 5.41) is 13.6. The lowest BCUT2D eigenvalue weighted by molar-refractivity contribution is 0.0695. The van der Waals surface area contributed by atoms with Gasteiger partial charge in [0, 0.05) is 36.2 Å². The van der Waals surface area contributed by atoms with Crippen LogP contribution in [0.2, 0.25) is 0 Å². The quantitative estimate of drug-likeness (QED) is 0.658. The molecule has 3 heterocycles. The van der Waals surface area contributed by atoms with Crippen LogP contribution in [0.4, 0.5) is 0 Å². The number of rotatable bonds is 3. The second kappa shape index (κ2) is 6.97. The summed E-state index contributed by atoms with van der Waals surface area (Å²) >= 11 is 0. The van der Waals surface area contributed by atoms with Gasteiger partial charge in [-0.05, 0) is 41.8 Å². The predicted molar refractivity (Wildman–Crippen MR) is 103 cm³/mol. The summed E-state index contributed by atoms with van der Waals surface area (Å²) < 4.78 is 2.31. The van der Waals surface area contributed by atoms with Crippen LogP contribution in [0, 0.1) is 0 Å². The zero-order chi connectivity index (χ0) is 17.6. The molecule has 4 rings (SSSR count). The minimum absolute atomic E-state index is 0. The highest BCUT2D eigenvalue weighted by Crippen LogP contribution is 2.28. The Morgan fingerprint density at radius 1 is 1.27 bits per heavy atom. The van der Waals surface area contributed by atoms with Gasteiger partial charge < -0.3 is 20.0 Å². The first-order valence-corrected chi connectivity index (χ1v) is 8.41. The van der Waals surface area contributed by atoms with Gasteiger partial charge in [-0.3, -0.25) is 4.79 Å². The molecule has 0 saturated heterocycles. The highest BCUT2D eigenvalue weighted by atomic mass is 35.5. The predicted octanol–water partition coefficient (Wildman–Crippen LogP) is 2.78. The first-order chi connectivity index (χ1) is 12.1. The van der Waals surface area contributed by atoms with Gasteiger partial charge in [0.25, 0.3) is 5.56 Å². The third-order valence-corrected chi connectivity index (χ3v) is 4.83. The molecule has 0 amide bonds. The molecule has 3 N–H and O–H groups in total. The molecule has 1 aliphatic rings. The molecule has 0 fully saturated rings. The van der Waals surface area contributed by atoms with Crippen molar-refractivity contribution >= 4 is 29.3 Å². The molecule has 1 aliphatic heterocycles. The van der Waals surface area contributed by atoms with Gasteiger partial charge in [-0.15, -0.1) is 12.4 Å². The van der Waals surface area contributed by atoms with Crippen molar-refractivity contribution in [2.24, 2.45) is 0 Å². The van der Waals surface area contributed by atoms with Gasteiger partial charge in [0.15, 0.2) is 0 Å². The van der Waals surface area contributed by atoms with Gasteiger partial charge in [0.2, 0.25) is 0 Å². The molecule has 7 heteroatoms. The number of aromatic amines is 1. The van der Waals surface area contributed by atoms with Crippen LogP contribution >= 0.6 is 12.4 Å². The van der Waals surface area contributed by atoms with E-state index in [1.54, 1.807) is 0 Å². The smallest absolute Gasteiger partial charge is 0.341 e.